The summed E-state index contributed by atoms with van der Waals surface area (Å²) in [6, 6.07) is 6.64. The van der Waals surface area contributed by atoms with Crippen LogP contribution in [0.4, 0.5) is 0 Å². The largest absolute Gasteiger partial charge is 0.497 e. The summed E-state index contributed by atoms with van der Waals surface area (Å²) in [5.74, 6) is -2.06. The predicted molar refractivity (Wildman–Crippen MR) is 94.9 cm³/mol. The highest BCUT2D eigenvalue weighted by Gasteiger charge is 2.54. The third-order valence-corrected chi connectivity index (χ3v) is 4.62. The Balaban J connectivity index is 2.67. The van der Waals surface area contributed by atoms with Crippen LogP contribution in [0.15, 0.2) is 35.4 Å². The van der Waals surface area contributed by atoms with Gasteiger partial charge in [-0.1, -0.05) is 28.1 Å². The molecule has 1 aromatic carbocycles. The Hall–Kier alpha value is -2.35. The number of cyclic esters (lactones) is 1. The summed E-state index contributed by atoms with van der Waals surface area (Å²) in [4.78, 5) is 37.3. The molecule has 1 atom stereocenters. The summed E-state index contributed by atoms with van der Waals surface area (Å²) in [6.07, 6.45) is 0. The first kappa shape index (κ1) is 20.0. The maximum absolute atomic E-state index is 12.6. The van der Waals surface area contributed by atoms with E-state index in [1.165, 1.54) is 7.11 Å². The predicted octanol–water partition coefficient (Wildman–Crippen LogP) is 2.27. The number of alkyl halides is 1. The monoisotopic (exact) mass is 426 g/mol. The lowest BCUT2D eigenvalue weighted by molar-refractivity contribution is -0.150. The summed E-state index contributed by atoms with van der Waals surface area (Å²) >= 11 is 3.31. The number of rotatable bonds is 7. The zero-order valence-corrected chi connectivity index (χ0v) is 16.3. The highest BCUT2D eigenvalue weighted by Crippen LogP contribution is 2.44. The standard InChI is InChI=1S/C18H19BrO7/c1-4-24-15(20)13-14(17(22)25-5-2)18(10-19,26-16(13)21)11-6-8-12(23-3)9-7-11/h6-9H,4-5,10H2,1-3H3. The molecule has 0 radical (unpaired) electrons. The fourth-order valence-electron chi connectivity index (χ4n) is 2.66. The Bertz CT molecular complexity index is 738. The van der Waals surface area contributed by atoms with Gasteiger partial charge < -0.3 is 18.9 Å². The molecular formula is C18H19BrO7. The van der Waals surface area contributed by atoms with Crippen LogP contribution in [0.5, 0.6) is 5.75 Å². The smallest absolute Gasteiger partial charge is 0.347 e. The average molecular weight is 427 g/mol. The number of carbonyl (C=O) groups is 3. The fourth-order valence-corrected chi connectivity index (χ4v) is 3.38. The van der Waals surface area contributed by atoms with E-state index >= 15 is 0 Å². The van der Waals surface area contributed by atoms with E-state index in [9.17, 15) is 14.4 Å². The molecule has 140 valence electrons. The van der Waals surface area contributed by atoms with Crippen LogP contribution in [0.2, 0.25) is 0 Å². The first-order valence-electron chi connectivity index (χ1n) is 7.97. The number of benzene rings is 1. The highest BCUT2D eigenvalue weighted by atomic mass is 79.9. The molecule has 1 unspecified atom stereocenters. The van der Waals surface area contributed by atoms with Crippen LogP contribution in [0.25, 0.3) is 0 Å². The topological polar surface area (TPSA) is 88.1 Å². The number of ether oxygens (including phenoxy) is 4. The number of halogens is 1. The van der Waals surface area contributed by atoms with E-state index < -0.39 is 29.1 Å². The molecule has 0 fully saturated rings. The maximum Gasteiger partial charge on any atom is 0.347 e. The van der Waals surface area contributed by atoms with Crippen LogP contribution in [0.1, 0.15) is 19.4 Å². The lowest BCUT2D eigenvalue weighted by Gasteiger charge is -2.28. The van der Waals surface area contributed by atoms with Gasteiger partial charge in [-0.05, 0) is 26.0 Å². The van der Waals surface area contributed by atoms with Crippen molar-refractivity contribution < 1.29 is 33.3 Å². The fraction of sp³-hybridized carbons (Fsp3) is 0.389. The summed E-state index contributed by atoms with van der Waals surface area (Å²) in [5.41, 5.74) is -1.63. The molecule has 1 heterocycles. The molecule has 8 heteroatoms. The maximum atomic E-state index is 12.6. The molecule has 0 bridgehead atoms. The molecule has 0 saturated heterocycles. The molecule has 0 aliphatic carbocycles. The second-order valence-corrected chi connectivity index (χ2v) is 5.83. The Kier molecular flexibility index (Phi) is 6.42. The Morgan fingerprint density at radius 3 is 2.15 bits per heavy atom. The van der Waals surface area contributed by atoms with Gasteiger partial charge >= 0.3 is 17.9 Å². The molecule has 0 N–H and O–H groups in total. The van der Waals surface area contributed by atoms with Gasteiger partial charge in [-0.15, -0.1) is 0 Å². The normalized spacial score (nSPS) is 19.2. The molecule has 0 amide bonds. The molecular weight excluding hydrogens is 408 g/mol. The van der Waals surface area contributed by atoms with Crippen molar-refractivity contribution in [1.29, 1.82) is 0 Å². The molecule has 0 saturated carbocycles. The third kappa shape index (κ3) is 3.46. The van der Waals surface area contributed by atoms with Gasteiger partial charge in [0.25, 0.3) is 0 Å². The van der Waals surface area contributed by atoms with Crippen LogP contribution < -0.4 is 4.74 Å². The zero-order valence-electron chi connectivity index (χ0n) is 14.7. The van der Waals surface area contributed by atoms with Crippen molar-refractivity contribution in [3.8, 4) is 5.75 Å². The van der Waals surface area contributed by atoms with Gasteiger partial charge in [0.2, 0.25) is 0 Å². The van der Waals surface area contributed by atoms with Crippen LogP contribution in [-0.2, 0) is 34.2 Å². The van der Waals surface area contributed by atoms with Crippen molar-refractivity contribution in [2.24, 2.45) is 0 Å². The van der Waals surface area contributed by atoms with Gasteiger partial charge in [-0.3, -0.25) is 0 Å². The van der Waals surface area contributed by atoms with Gasteiger partial charge in [-0.25, -0.2) is 14.4 Å². The SMILES string of the molecule is CCOC(=O)C1=C(C(=O)OCC)C(CBr)(c2ccc(OC)cc2)OC1=O. The Labute approximate surface area is 159 Å². The number of esters is 3. The minimum atomic E-state index is -1.50. The summed E-state index contributed by atoms with van der Waals surface area (Å²) in [7, 11) is 1.52. The van der Waals surface area contributed by atoms with Gasteiger partial charge in [-0.2, -0.15) is 0 Å². The first-order chi connectivity index (χ1) is 12.4. The van der Waals surface area contributed by atoms with E-state index in [4.69, 9.17) is 18.9 Å². The Morgan fingerprint density at radius 2 is 1.65 bits per heavy atom. The molecule has 0 spiro atoms. The second-order valence-electron chi connectivity index (χ2n) is 5.27. The highest BCUT2D eigenvalue weighted by molar-refractivity contribution is 9.09. The van der Waals surface area contributed by atoms with Gasteiger partial charge in [0.15, 0.2) is 11.2 Å². The average Bonchev–Trinajstić information content (AvgIpc) is 2.95. The number of hydrogen-bond donors (Lipinski definition) is 0. The van der Waals surface area contributed by atoms with Crippen molar-refractivity contribution in [3.05, 3.63) is 41.0 Å². The van der Waals surface area contributed by atoms with Gasteiger partial charge in [0.05, 0.1) is 25.7 Å². The molecule has 26 heavy (non-hydrogen) atoms. The molecule has 1 aromatic rings. The van der Waals surface area contributed by atoms with Crippen molar-refractivity contribution >= 4 is 33.8 Å². The van der Waals surface area contributed by atoms with Crippen LogP contribution in [0, 0.1) is 0 Å². The van der Waals surface area contributed by atoms with Crippen molar-refractivity contribution in [1.82, 2.24) is 0 Å². The molecule has 1 aliphatic heterocycles. The van der Waals surface area contributed by atoms with E-state index in [-0.39, 0.29) is 24.1 Å². The molecule has 2 rings (SSSR count). The molecule has 1 aliphatic rings. The van der Waals surface area contributed by atoms with E-state index in [1.54, 1.807) is 38.1 Å². The minimum Gasteiger partial charge on any atom is -0.497 e. The van der Waals surface area contributed by atoms with Crippen LogP contribution >= 0.6 is 15.9 Å². The van der Waals surface area contributed by atoms with E-state index in [0.29, 0.717) is 11.3 Å². The van der Waals surface area contributed by atoms with Gasteiger partial charge in [0.1, 0.15) is 11.3 Å². The minimum absolute atomic E-state index is 0.0507. The molecule has 7 nitrogen and oxygen atoms in total. The zero-order chi connectivity index (χ0) is 19.3. The van der Waals surface area contributed by atoms with Crippen molar-refractivity contribution in [2.75, 3.05) is 25.7 Å². The quantitative estimate of drug-likeness (QED) is 0.286. The number of carbonyl (C=O) groups excluding carboxylic acids is 3. The van der Waals surface area contributed by atoms with Crippen LogP contribution in [0.3, 0.4) is 0 Å². The lowest BCUT2D eigenvalue weighted by atomic mass is 9.86. The summed E-state index contributed by atoms with van der Waals surface area (Å²) in [6.45, 7) is 3.36. The second kappa shape index (κ2) is 8.35. The van der Waals surface area contributed by atoms with Gasteiger partial charge in [0, 0.05) is 5.56 Å². The van der Waals surface area contributed by atoms with E-state index in [1.807, 2.05) is 0 Å². The van der Waals surface area contributed by atoms with Crippen LogP contribution in [-0.4, -0.2) is 43.6 Å². The van der Waals surface area contributed by atoms with E-state index in [2.05, 4.69) is 15.9 Å². The number of hydrogen-bond acceptors (Lipinski definition) is 7. The summed E-state index contributed by atoms with van der Waals surface area (Å²) in [5, 5.41) is 0.0507. The molecule has 0 aromatic heterocycles. The Morgan fingerprint density at radius 1 is 1.08 bits per heavy atom. The third-order valence-electron chi connectivity index (χ3n) is 3.83. The number of methoxy groups -OCH3 is 1. The van der Waals surface area contributed by atoms with E-state index in [0.717, 1.165) is 0 Å². The van der Waals surface area contributed by atoms with Crippen molar-refractivity contribution in [3.63, 3.8) is 0 Å². The first-order valence-corrected chi connectivity index (χ1v) is 9.10. The van der Waals surface area contributed by atoms with Crippen molar-refractivity contribution in [2.45, 2.75) is 19.4 Å². The summed E-state index contributed by atoms with van der Waals surface area (Å²) < 4.78 is 20.6. The lowest BCUT2D eigenvalue weighted by Crippen LogP contribution is -2.35.